The first-order chi connectivity index (χ1) is 16.1. The number of aryl methyl sites for hydroxylation is 1. The second kappa shape index (κ2) is 10.7. The Hall–Kier alpha value is -2.71. The lowest BCUT2D eigenvalue weighted by molar-refractivity contribution is -0.0217. The van der Waals surface area contributed by atoms with Gasteiger partial charge in [0.25, 0.3) is 8.32 Å². The lowest BCUT2D eigenvalue weighted by atomic mass is 10.1. The first-order valence-electron chi connectivity index (χ1n) is 11.5. The van der Waals surface area contributed by atoms with Crippen molar-refractivity contribution in [2.45, 2.75) is 51.9 Å². The number of furan rings is 1. The van der Waals surface area contributed by atoms with E-state index in [4.69, 9.17) is 13.6 Å². The van der Waals surface area contributed by atoms with E-state index < -0.39 is 26.5 Å². The van der Waals surface area contributed by atoms with E-state index in [0.717, 1.165) is 10.4 Å². The highest BCUT2D eigenvalue weighted by Crippen LogP contribution is 2.37. The highest BCUT2D eigenvalue weighted by Gasteiger charge is 2.50. The Bertz CT molecular complexity index is 1030. The summed E-state index contributed by atoms with van der Waals surface area (Å²) in [5, 5.41) is 23.6. The number of rotatable bonds is 9. The fourth-order valence-corrected chi connectivity index (χ4v) is 8.89. The van der Waals surface area contributed by atoms with Crippen LogP contribution in [0.2, 0.25) is 5.04 Å². The topological polar surface area (TPSA) is 89.1 Å². The van der Waals surface area contributed by atoms with E-state index >= 15 is 0 Å². The Morgan fingerprint density at radius 3 is 2.00 bits per heavy atom. The number of ether oxygens (including phenoxy) is 1. The van der Waals surface area contributed by atoms with Gasteiger partial charge in [-0.2, -0.15) is 0 Å². The van der Waals surface area contributed by atoms with E-state index in [0.29, 0.717) is 5.76 Å². The minimum absolute atomic E-state index is 0.0964. The Labute approximate surface area is 202 Å². The molecule has 0 saturated carbocycles. The van der Waals surface area contributed by atoms with Crippen LogP contribution in [0.5, 0.6) is 0 Å². The molecule has 2 N–H and O–H groups in total. The number of carbonyl (C=O) groups excluding carboxylic acids is 1. The van der Waals surface area contributed by atoms with Crippen LogP contribution in [0, 0.1) is 6.92 Å². The molecule has 3 rings (SSSR count). The highest BCUT2D eigenvalue weighted by atomic mass is 28.4. The predicted molar refractivity (Wildman–Crippen MR) is 134 cm³/mol. The van der Waals surface area contributed by atoms with Gasteiger partial charge < -0.3 is 23.8 Å². The van der Waals surface area contributed by atoms with Crippen molar-refractivity contribution in [2.75, 3.05) is 13.2 Å². The van der Waals surface area contributed by atoms with Gasteiger partial charge in [0.15, 0.2) is 0 Å². The van der Waals surface area contributed by atoms with Crippen LogP contribution in [0.3, 0.4) is 0 Å². The lowest BCUT2D eigenvalue weighted by Gasteiger charge is -2.43. The molecule has 2 atom stereocenters. The molecule has 0 bridgehead atoms. The zero-order valence-electron chi connectivity index (χ0n) is 20.4. The van der Waals surface area contributed by atoms with Crippen LogP contribution in [0.25, 0.3) is 0 Å². The van der Waals surface area contributed by atoms with E-state index in [2.05, 4.69) is 45.0 Å². The quantitative estimate of drug-likeness (QED) is 0.357. The summed E-state index contributed by atoms with van der Waals surface area (Å²) >= 11 is 0. The van der Waals surface area contributed by atoms with Gasteiger partial charge >= 0.3 is 5.97 Å². The largest absolute Gasteiger partial charge is 0.463 e. The first kappa shape index (κ1) is 25.9. The second-order valence-corrected chi connectivity index (χ2v) is 13.6. The fraction of sp³-hybridized carbons (Fsp3) is 0.370. The maximum atomic E-state index is 12.1. The average Bonchev–Trinajstić information content (AvgIpc) is 3.21. The summed E-state index contributed by atoms with van der Waals surface area (Å²) in [6, 6.07) is 21.6. The summed E-state index contributed by atoms with van der Waals surface area (Å²) in [6.45, 7) is 9.89. The van der Waals surface area contributed by atoms with Gasteiger partial charge in [-0.25, -0.2) is 4.79 Å². The van der Waals surface area contributed by atoms with Gasteiger partial charge in [0.05, 0.1) is 13.2 Å². The predicted octanol–water partition coefficient (Wildman–Crippen LogP) is 3.74. The summed E-state index contributed by atoms with van der Waals surface area (Å²) in [4.78, 5) is 12.1. The van der Waals surface area contributed by atoms with E-state index in [1.807, 2.05) is 36.4 Å². The van der Waals surface area contributed by atoms with E-state index in [1.165, 1.54) is 6.07 Å². The summed E-state index contributed by atoms with van der Waals surface area (Å²) < 4.78 is 17.3. The van der Waals surface area contributed by atoms with E-state index in [1.54, 1.807) is 13.8 Å². The monoisotopic (exact) mass is 482 g/mol. The Morgan fingerprint density at radius 1 is 1.00 bits per heavy atom. The molecule has 0 unspecified atom stereocenters. The van der Waals surface area contributed by atoms with Gasteiger partial charge in [0.2, 0.25) is 0 Å². The molecule has 0 aliphatic heterocycles. The molecule has 0 fully saturated rings. The van der Waals surface area contributed by atoms with Crippen molar-refractivity contribution in [1.29, 1.82) is 0 Å². The SMILES string of the molecule is CCOC(=O)c1cc([C@@H](O)[C@@H](O)CO[Si](c2ccccc2)(c2ccccc2)C(C)(C)C)oc1C. The zero-order valence-corrected chi connectivity index (χ0v) is 21.4. The van der Waals surface area contributed by atoms with Crippen molar-refractivity contribution >= 4 is 24.7 Å². The molecule has 0 saturated heterocycles. The molecule has 1 aromatic heterocycles. The third-order valence-electron chi connectivity index (χ3n) is 5.98. The van der Waals surface area contributed by atoms with Gasteiger partial charge in [-0.05, 0) is 35.3 Å². The molecule has 0 amide bonds. The number of aliphatic hydroxyl groups excluding tert-OH is 2. The van der Waals surface area contributed by atoms with E-state index in [9.17, 15) is 15.0 Å². The summed E-state index contributed by atoms with van der Waals surface area (Å²) in [6.07, 6.45) is -2.62. The Kier molecular flexibility index (Phi) is 8.15. The van der Waals surface area contributed by atoms with Crippen LogP contribution in [-0.2, 0) is 9.16 Å². The molecule has 1 heterocycles. The van der Waals surface area contributed by atoms with Gasteiger partial charge in [0.1, 0.15) is 29.3 Å². The van der Waals surface area contributed by atoms with Gasteiger partial charge in [-0.3, -0.25) is 0 Å². The van der Waals surface area contributed by atoms with Crippen LogP contribution in [0.4, 0.5) is 0 Å². The number of aliphatic hydroxyl groups is 2. The van der Waals surface area contributed by atoms with Crippen LogP contribution in [-0.4, -0.2) is 43.8 Å². The van der Waals surface area contributed by atoms with E-state index in [-0.39, 0.29) is 29.6 Å². The number of benzene rings is 2. The molecule has 7 heteroatoms. The summed E-state index contributed by atoms with van der Waals surface area (Å²) in [5.41, 5.74) is 0.232. The molecule has 0 aliphatic rings. The minimum atomic E-state index is -2.87. The molecule has 0 aliphatic carbocycles. The van der Waals surface area contributed by atoms with Gasteiger partial charge in [-0.15, -0.1) is 0 Å². The van der Waals surface area contributed by atoms with Crippen LogP contribution < -0.4 is 10.4 Å². The number of hydrogen-bond acceptors (Lipinski definition) is 6. The smallest absolute Gasteiger partial charge is 0.341 e. The summed E-state index contributed by atoms with van der Waals surface area (Å²) in [7, 11) is -2.87. The highest BCUT2D eigenvalue weighted by molar-refractivity contribution is 6.99. The molecule has 6 nitrogen and oxygen atoms in total. The van der Waals surface area contributed by atoms with Crippen molar-refractivity contribution in [2.24, 2.45) is 0 Å². The van der Waals surface area contributed by atoms with Gasteiger partial charge in [0, 0.05) is 0 Å². The molecular weight excluding hydrogens is 448 g/mol. The maximum absolute atomic E-state index is 12.1. The summed E-state index contributed by atoms with van der Waals surface area (Å²) in [5.74, 6) is -0.105. The molecule has 3 aromatic rings. The van der Waals surface area contributed by atoms with Crippen molar-refractivity contribution < 1.29 is 28.6 Å². The second-order valence-electron chi connectivity index (χ2n) is 9.33. The first-order valence-corrected chi connectivity index (χ1v) is 13.4. The number of esters is 1. The maximum Gasteiger partial charge on any atom is 0.341 e. The fourth-order valence-electron chi connectivity index (χ4n) is 4.32. The average molecular weight is 483 g/mol. The van der Waals surface area contributed by atoms with Crippen molar-refractivity contribution in [3.8, 4) is 0 Å². The minimum Gasteiger partial charge on any atom is -0.463 e. The van der Waals surface area contributed by atoms with Crippen molar-refractivity contribution in [1.82, 2.24) is 0 Å². The van der Waals surface area contributed by atoms with Crippen LogP contribution >= 0.6 is 0 Å². The molecule has 0 radical (unpaired) electrons. The van der Waals surface area contributed by atoms with Crippen LogP contribution in [0.1, 0.15) is 55.7 Å². The number of carbonyl (C=O) groups is 1. The number of hydrogen-bond donors (Lipinski definition) is 2. The molecule has 2 aromatic carbocycles. The normalized spacial score (nSPS) is 14.0. The van der Waals surface area contributed by atoms with Crippen molar-refractivity contribution in [3.05, 3.63) is 83.8 Å². The molecule has 34 heavy (non-hydrogen) atoms. The van der Waals surface area contributed by atoms with Crippen LogP contribution in [0.15, 0.2) is 71.1 Å². The lowest BCUT2D eigenvalue weighted by Crippen LogP contribution is -2.67. The molecular formula is C27H34O6Si. The standard InChI is InChI=1S/C27H34O6Si/c1-6-31-26(30)22-17-24(33-19(22)2)25(29)23(28)18-32-34(27(3,4)5,20-13-9-7-10-14-20)21-15-11-8-12-16-21/h7-17,23,25,28-29H,6,18H2,1-5H3/t23-,25-/m0/s1. The van der Waals surface area contributed by atoms with Gasteiger partial charge in [-0.1, -0.05) is 81.4 Å². The molecule has 182 valence electrons. The van der Waals surface area contributed by atoms with Crippen molar-refractivity contribution in [3.63, 3.8) is 0 Å². The zero-order chi connectivity index (χ0) is 24.9. The third-order valence-corrected chi connectivity index (χ3v) is 11.0. The Morgan fingerprint density at radius 2 is 1.53 bits per heavy atom. The third kappa shape index (κ3) is 5.18. The molecule has 0 spiro atoms. The Balaban J connectivity index is 1.91.